The SMILES string of the molecule is COc1ccccc1N1CCN(CCCSc2ccc(C)cc2)CC1. The molecule has 25 heavy (non-hydrogen) atoms. The van der Waals surface area contributed by atoms with Gasteiger partial charge in [-0.3, -0.25) is 4.90 Å². The van der Waals surface area contributed by atoms with Crippen molar-refractivity contribution in [2.75, 3.05) is 50.5 Å². The summed E-state index contributed by atoms with van der Waals surface area (Å²) in [5.74, 6) is 2.17. The molecule has 0 atom stereocenters. The smallest absolute Gasteiger partial charge is 0.142 e. The van der Waals surface area contributed by atoms with Gasteiger partial charge in [0.25, 0.3) is 0 Å². The molecule has 2 aromatic rings. The van der Waals surface area contributed by atoms with Gasteiger partial charge < -0.3 is 9.64 Å². The molecule has 0 spiro atoms. The highest BCUT2D eigenvalue weighted by atomic mass is 32.2. The van der Waals surface area contributed by atoms with Gasteiger partial charge in [-0.25, -0.2) is 0 Å². The summed E-state index contributed by atoms with van der Waals surface area (Å²) in [6.07, 6.45) is 1.24. The van der Waals surface area contributed by atoms with E-state index >= 15 is 0 Å². The largest absolute Gasteiger partial charge is 0.495 e. The van der Waals surface area contributed by atoms with Crippen molar-refractivity contribution in [3.05, 3.63) is 54.1 Å². The summed E-state index contributed by atoms with van der Waals surface area (Å²) < 4.78 is 5.50. The van der Waals surface area contributed by atoms with E-state index in [2.05, 4.69) is 53.1 Å². The first-order valence-electron chi connectivity index (χ1n) is 9.06. The topological polar surface area (TPSA) is 15.7 Å². The Labute approximate surface area is 156 Å². The number of hydrogen-bond donors (Lipinski definition) is 0. The summed E-state index contributed by atoms with van der Waals surface area (Å²) >= 11 is 1.97. The molecule has 134 valence electrons. The molecular weight excluding hydrogens is 328 g/mol. The van der Waals surface area contributed by atoms with E-state index < -0.39 is 0 Å². The second-order valence-electron chi connectivity index (χ2n) is 6.52. The number of piperazine rings is 1. The van der Waals surface area contributed by atoms with E-state index in [4.69, 9.17) is 4.74 Å². The van der Waals surface area contributed by atoms with Crippen molar-refractivity contribution in [1.82, 2.24) is 4.90 Å². The number of nitrogens with zero attached hydrogens (tertiary/aromatic N) is 2. The Morgan fingerprint density at radius 1 is 0.960 bits per heavy atom. The van der Waals surface area contributed by atoms with Crippen molar-refractivity contribution < 1.29 is 4.74 Å². The van der Waals surface area contributed by atoms with E-state index in [0.717, 1.165) is 31.9 Å². The zero-order valence-electron chi connectivity index (χ0n) is 15.3. The summed E-state index contributed by atoms with van der Waals surface area (Å²) in [7, 11) is 1.75. The van der Waals surface area contributed by atoms with Crippen LogP contribution in [0.3, 0.4) is 0 Å². The lowest BCUT2D eigenvalue weighted by molar-refractivity contribution is 0.258. The molecule has 2 aromatic carbocycles. The minimum Gasteiger partial charge on any atom is -0.495 e. The van der Waals surface area contributed by atoms with Gasteiger partial charge in [0.1, 0.15) is 5.75 Å². The first kappa shape index (κ1) is 18.2. The number of thioether (sulfide) groups is 1. The number of ether oxygens (including phenoxy) is 1. The number of anilines is 1. The third-order valence-corrected chi connectivity index (χ3v) is 5.80. The predicted molar refractivity (Wildman–Crippen MR) is 108 cm³/mol. The maximum atomic E-state index is 5.50. The van der Waals surface area contributed by atoms with E-state index in [1.165, 1.54) is 34.9 Å². The third kappa shape index (κ3) is 5.16. The Morgan fingerprint density at radius 3 is 2.40 bits per heavy atom. The van der Waals surface area contributed by atoms with Crippen LogP contribution in [-0.2, 0) is 0 Å². The van der Waals surface area contributed by atoms with Crippen LogP contribution < -0.4 is 9.64 Å². The highest BCUT2D eigenvalue weighted by Crippen LogP contribution is 2.28. The fourth-order valence-electron chi connectivity index (χ4n) is 3.22. The van der Waals surface area contributed by atoms with Gasteiger partial charge in [0, 0.05) is 31.1 Å². The van der Waals surface area contributed by atoms with Crippen LogP contribution in [0, 0.1) is 6.92 Å². The maximum absolute atomic E-state index is 5.50. The van der Waals surface area contributed by atoms with Gasteiger partial charge in [-0.15, -0.1) is 11.8 Å². The molecular formula is C21H28N2OS. The van der Waals surface area contributed by atoms with Gasteiger partial charge in [-0.2, -0.15) is 0 Å². The molecule has 1 heterocycles. The van der Waals surface area contributed by atoms with Gasteiger partial charge in [0.15, 0.2) is 0 Å². The Bertz CT molecular complexity index is 651. The first-order valence-corrected chi connectivity index (χ1v) is 10.0. The average molecular weight is 357 g/mol. The van der Waals surface area contributed by atoms with Crippen LogP contribution in [0.15, 0.2) is 53.4 Å². The van der Waals surface area contributed by atoms with Crippen molar-refractivity contribution in [2.45, 2.75) is 18.2 Å². The molecule has 3 nitrogen and oxygen atoms in total. The molecule has 1 aliphatic heterocycles. The Kier molecular flexibility index (Phi) is 6.65. The Morgan fingerprint density at radius 2 is 1.68 bits per heavy atom. The normalized spacial score (nSPS) is 15.4. The highest BCUT2D eigenvalue weighted by molar-refractivity contribution is 7.99. The number of rotatable bonds is 7. The van der Waals surface area contributed by atoms with Crippen LogP contribution in [-0.4, -0.2) is 50.5 Å². The Hall–Kier alpha value is -1.65. The second-order valence-corrected chi connectivity index (χ2v) is 7.68. The molecule has 0 amide bonds. The van der Waals surface area contributed by atoms with Crippen molar-refractivity contribution in [3.63, 3.8) is 0 Å². The van der Waals surface area contributed by atoms with Crippen LogP contribution in [0.5, 0.6) is 5.75 Å². The van der Waals surface area contributed by atoms with Crippen LogP contribution >= 0.6 is 11.8 Å². The van der Waals surface area contributed by atoms with Gasteiger partial charge in [0.2, 0.25) is 0 Å². The van der Waals surface area contributed by atoms with E-state index in [1.807, 2.05) is 23.9 Å². The minimum absolute atomic E-state index is 0.977. The van der Waals surface area contributed by atoms with Gasteiger partial charge in [-0.1, -0.05) is 29.8 Å². The zero-order valence-corrected chi connectivity index (χ0v) is 16.1. The standard InChI is InChI=1S/C21H28N2OS/c1-18-8-10-19(11-9-18)25-17-5-12-22-13-15-23(16-14-22)20-6-3-4-7-21(20)24-2/h3-4,6-11H,5,12-17H2,1-2H3. The highest BCUT2D eigenvalue weighted by Gasteiger charge is 2.18. The number of aryl methyl sites for hydroxylation is 1. The molecule has 0 radical (unpaired) electrons. The fraction of sp³-hybridized carbons (Fsp3) is 0.429. The molecule has 3 rings (SSSR count). The van der Waals surface area contributed by atoms with Crippen LogP contribution in [0.25, 0.3) is 0 Å². The van der Waals surface area contributed by atoms with Gasteiger partial charge >= 0.3 is 0 Å². The molecule has 4 heteroatoms. The number of benzene rings is 2. The molecule has 0 saturated carbocycles. The first-order chi connectivity index (χ1) is 12.3. The summed E-state index contributed by atoms with van der Waals surface area (Å²) in [5, 5.41) is 0. The van der Waals surface area contributed by atoms with E-state index in [-0.39, 0.29) is 0 Å². The van der Waals surface area contributed by atoms with Crippen molar-refractivity contribution in [2.24, 2.45) is 0 Å². The van der Waals surface area contributed by atoms with Crippen LogP contribution in [0.1, 0.15) is 12.0 Å². The van der Waals surface area contributed by atoms with E-state index in [9.17, 15) is 0 Å². The molecule has 1 aliphatic rings. The summed E-state index contributed by atoms with van der Waals surface area (Å²) in [6, 6.07) is 17.2. The van der Waals surface area contributed by atoms with Crippen LogP contribution in [0.2, 0.25) is 0 Å². The monoisotopic (exact) mass is 356 g/mol. The van der Waals surface area contributed by atoms with Crippen molar-refractivity contribution in [1.29, 1.82) is 0 Å². The van der Waals surface area contributed by atoms with E-state index in [1.54, 1.807) is 7.11 Å². The number of para-hydroxylation sites is 2. The van der Waals surface area contributed by atoms with Gasteiger partial charge in [0.05, 0.1) is 12.8 Å². The number of hydrogen-bond acceptors (Lipinski definition) is 4. The van der Waals surface area contributed by atoms with Gasteiger partial charge in [-0.05, 0) is 49.9 Å². The summed E-state index contributed by atoms with van der Waals surface area (Å²) in [6.45, 7) is 7.75. The quantitative estimate of drug-likeness (QED) is 0.542. The average Bonchev–Trinajstić information content (AvgIpc) is 2.67. The van der Waals surface area contributed by atoms with Crippen LogP contribution in [0.4, 0.5) is 5.69 Å². The van der Waals surface area contributed by atoms with Crippen molar-refractivity contribution >= 4 is 17.4 Å². The summed E-state index contributed by atoms with van der Waals surface area (Å²) in [4.78, 5) is 6.41. The second kappa shape index (κ2) is 9.16. The molecule has 0 bridgehead atoms. The van der Waals surface area contributed by atoms with E-state index in [0.29, 0.717) is 0 Å². The lowest BCUT2D eigenvalue weighted by Crippen LogP contribution is -2.46. The molecule has 0 aliphatic carbocycles. The molecule has 1 fully saturated rings. The molecule has 1 saturated heterocycles. The fourth-order valence-corrected chi connectivity index (χ4v) is 4.05. The molecule has 0 unspecified atom stereocenters. The predicted octanol–water partition coefficient (Wildman–Crippen LogP) is 4.31. The zero-order chi connectivity index (χ0) is 17.5. The molecule has 0 N–H and O–H groups in total. The number of methoxy groups -OCH3 is 1. The Balaban J connectivity index is 1.38. The lowest BCUT2D eigenvalue weighted by Gasteiger charge is -2.36. The molecule has 0 aromatic heterocycles. The lowest BCUT2D eigenvalue weighted by atomic mass is 10.2. The minimum atomic E-state index is 0.977. The maximum Gasteiger partial charge on any atom is 0.142 e. The third-order valence-electron chi connectivity index (χ3n) is 4.71. The summed E-state index contributed by atoms with van der Waals surface area (Å²) in [5.41, 5.74) is 2.55. The van der Waals surface area contributed by atoms with Crippen molar-refractivity contribution in [3.8, 4) is 5.75 Å².